The summed E-state index contributed by atoms with van der Waals surface area (Å²) in [4.78, 5) is 55.5. The van der Waals surface area contributed by atoms with Crippen LogP contribution in [0, 0.1) is 11.3 Å². The number of piperidine rings is 1. The number of likely N-dealkylation sites (tertiary alicyclic amines) is 1. The molecule has 0 aromatic heterocycles. The zero-order valence-electron chi connectivity index (χ0n) is 24.7. The lowest BCUT2D eigenvalue weighted by Crippen LogP contribution is -2.59. The highest BCUT2D eigenvalue weighted by atomic mass is 16.5. The van der Waals surface area contributed by atoms with Crippen molar-refractivity contribution in [3.63, 3.8) is 0 Å². The fraction of sp³-hybridized carbons (Fsp3) is 0.667. The van der Waals surface area contributed by atoms with Gasteiger partial charge in [0.15, 0.2) is 0 Å². The maximum atomic E-state index is 14.0. The number of nitrogens with zero attached hydrogens (tertiary/aromatic N) is 4. The van der Waals surface area contributed by atoms with Crippen molar-refractivity contribution in [3.8, 4) is 5.75 Å². The summed E-state index contributed by atoms with van der Waals surface area (Å²) in [5, 5.41) is 10.0. The Morgan fingerprint density at radius 1 is 1.05 bits per heavy atom. The van der Waals surface area contributed by atoms with Gasteiger partial charge in [-0.15, -0.1) is 0 Å². The third kappa shape index (κ3) is 8.43. The van der Waals surface area contributed by atoms with E-state index in [2.05, 4.69) is 0 Å². The Hall–Kier alpha value is -3.14. The molecule has 1 atom stereocenters. The Morgan fingerprint density at radius 2 is 1.65 bits per heavy atom. The maximum absolute atomic E-state index is 14.0. The fourth-order valence-corrected chi connectivity index (χ4v) is 5.69. The predicted octanol–water partition coefficient (Wildman–Crippen LogP) is 3.43. The summed E-state index contributed by atoms with van der Waals surface area (Å²) in [6.07, 6.45) is 5.82. The summed E-state index contributed by atoms with van der Waals surface area (Å²) in [6, 6.07) is 6.46. The van der Waals surface area contributed by atoms with Crippen molar-refractivity contribution in [2.75, 3.05) is 40.3 Å². The van der Waals surface area contributed by atoms with E-state index in [1.165, 1.54) is 4.90 Å². The van der Waals surface area contributed by atoms with Gasteiger partial charge in [-0.25, -0.2) is 5.06 Å². The van der Waals surface area contributed by atoms with Gasteiger partial charge in [0.1, 0.15) is 17.9 Å². The number of hydrogen-bond acceptors (Lipinski definition) is 6. The second kappa shape index (κ2) is 14.0. The molecule has 10 nitrogen and oxygen atoms in total. The molecule has 1 N–H and O–H groups in total. The first kappa shape index (κ1) is 31.4. The predicted molar refractivity (Wildman–Crippen MR) is 151 cm³/mol. The molecule has 0 radical (unpaired) electrons. The molecule has 3 rings (SSSR count). The minimum absolute atomic E-state index is 0.0450. The van der Waals surface area contributed by atoms with Crippen molar-refractivity contribution in [1.29, 1.82) is 0 Å². The number of carbonyl (C=O) groups excluding carboxylic acids is 4. The van der Waals surface area contributed by atoms with Crippen LogP contribution in [0.1, 0.15) is 76.1 Å². The van der Waals surface area contributed by atoms with Crippen LogP contribution in [0.25, 0.3) is 0 Å². The van der Waals surface area contributed by atoms with Crippen molar-refractivity contribution >= 4 is 24.1 Å². The Kier molecular flexibility index (Phi) is 11.0. The number of rotatable bonds is 11. The smallest absolute Gasteiger partial charge is 0.253 e. The molecule has 1 saturated heterocycles. The van der Waals surface area contributed by atoms with Crippen LogP contribution in [-0.2, 0) is 14.4 Å². The van der Waals surface area contributed by atoms with E-state index in [-0.39, 0.29) is 43.2 Å². The van der Waals surface area contributed by atoms with Gasteiger partial charge in [0.2, 0.25) is 18.2 Å². The van der Waals surface area contributed by atoms with E-state index in [0.717, 1.165) is 25.7 Å². The molecule has 2 fully saturated rings. The number of hydroxylamine groups is 2. The Balaban J connectivity index is 1.67. The van der Waals surface area contributed by atoms with Crippen LogP contribution in [0.3, 0.4) is 0 Å². The highest BCUT2D eigenvalue weighted by Crippen LogP contribution is 2.32. The first-order valence-electron chi connectivity index (χ1n) is 14.4. The molecule has 1 heterocycles. The van der Waals surface area contributed by atoms with Gasteiger partial charge in [-0.2, -0.15) is 0 Å². The van der Waals surface area contributed by atoms with Gasteiger partial charge < -0.3 is 19.4 Å². The van der Waals surface area contributed by atoms with Gasteiger partial charge in [-0.3, -0.25) is 24.4 Å². The molecule has 40 heavy (non-hydrogen) atoms. The molecule has 1 aromatic rings. The van der Waals surface area contributed by atoms with E-state index in [4.69, 9.17) is 4.74 Å². The zero-order valence-corrected chi connectivity index (χ0v) is 24.7. The first-order valence-corrected chi connectivity index (χ1v) is 14.4. The van der Waals surface area contributed by atoms with Crippen molar-refractivity contribution in [1.82, 2.24) is 19.8 Å². The summed E-state index contributed by atoms with van der Waals surface area (Å²) < 4.78 is 6.16. The van der Waals surface area contributed by atoms with E-state index in [1.807, 2.05) is 25.7 Å². The van der Waals surface area contributed by atoms with Gasteiger partial charge >= 0.3 is 0 Å². The van der Waals surface area contributed by atoms with Crippen LogP contribution in [0.4, 0.5) is 0 Å². The SMILES string of the molecule is CN(C)C(=O)c1ccc(OC2CCN(C(=O)C(N(CC3CCCC3)C(=O)CCN(O)C=O)C(C)(C)C)CC2)cc1. The minimum Gasteiger partial charge on any atom is -0.490 e. The fourth-order valence-electron chi connectivity index (χ4n) is 5.69. The molecule has 0 bridgehead atoms. The molecule has 1 saturated carbocycles. The van der Waals surface area contributed by atoms with Crippen LogP contribution < -0.4 is 4.74 Å². The van der Waals surface area contributed by atoms with E-state index in [9.17, 15) is 24.4 Å². The van der Waals surface area contributed by atoms with Gasteiger partial charge in [-0.05, 0) is 48.4 Å². The average Bonchev–Trinajstić information content (AvgIpc) is 3.44. The summed E-state index contributed by atoms with van der Waals surface area (Å²) in [5.74, 6) is 0.672. The van der Waals surface area contributed by atoms with Crippen molar-refractivity contribution in [3.05, 3.63) is 29.8 Å². The number of carbonyl (C=O) groups is 4. The third-order valence-electron chi connectivity index (χ3n) is 7.86. The second-order valence-corrected chi connectivity index (χ2v) is 12.4. The zero-order chi connectivity index (χ0) is 29.4. The molecule has 0 spiro atoms. The summed E-state index contributed by atoms with van der Waals surface area (Å²) >= 11 is 0. The standard InChI is InChI=1S/C30H46N4O6/c1-30(2,3)27(34(20-22-8-6-7-9-22)26(36)16-19-33(39)21-35)29(38)32-17-14-25(15-18-32)40-24-12-10-23(11-13-24)28(37)31(4)5/h10-13,21-22,25,27,39H,6-9,14-20H2,1-5H3. The molecular weight excluding hydrogens is 512 g/mol. The average molecular weight is 559 g/mol. The quantitative estimate of drug-likeness (QED) is 0.253. The topological polar surface area (TPSA) is 111 Å². The van der Waals surface area contributed by atoms with E-state index >= 15 is 0 Å². The van der Waals surface area contributed by atoms with Crippen LogP contribution in [0.5, 0.6) is 5.75 Å². The van der Waals surface area contributed by atoms with Crippen LogP contribution in [0.2, 0.25) is 0 Å². The van der Waals surface area contributed by atoms with Gasteiger partial charge in [0, 0.05) is 58.6 Å². The number of ether oxygens (including phenoxy) is 1. The molecule has 1 aromatic carbocycles. The Labute approximate surface area is 238 Å². The molecule has 1 unspecified atom stereocenters. The third-order valence-corrected chi connectivity index (χ3v) is 7.86. The summed E-state index contributed by atoms with van der Waals surface area (Å²) in [7, 11) is 3.43. The molecular formula is C30H46N4O6. The molecule has 1 aliphatic heterocycles. The minimum atomic E-state index is -0.650. The van der Waals surface area contributed by atoms with Crippen LogP contribution in [0.15, 0.2) is 24.3 Å². The summed E-state index contributed by atoms with van der Waals surface area (Å²) in [5.41, 5.74) is 0.0918. The lowest BCUT2D eigenvalue weighted by atomic mass is 9.83. The number of amides is 4. The molecule has 222 valence electrons. The first-order chi connectivity index (χ1) is 18.9. The molecule has 10 heteroatoms. The molecule has 2 aliphatic rings. The lowest BCUT2D eigenvalue weighted by molar-refractivity contribution is -0.157. The molecule has 4 amide bonds. The van der Waals surface area contributed by atoms with Crippen molar-refractivity contribution < 1.29 is 29.1 Å². The van der Waals surface area contributed by atoms with Gasteiger partial charge in [-0.1, -0.05) is 33.6 Å². The van der Waals surface area contributed by atoms with Crippen LogP contribution >= 0.6 is 0 Å². The van der Waals surface area contributed by atoms with Crippen molar-refractivity contribution in [2.45, 2.75) is 77.9 Å². The van der Waals surface area contributed by atoms with Crippen LogP contribution in [-0.4, -0.2) is 102 Å². The molecule has 1 aliphatic carbocycles. The van der Waals surface area contributed by atoms with E-state index in [1.54, 1.807) is 43.3 Å². The second-order valence-electron chi connectivity index (χ2n) is 12.4. The Bertz CT molecular complexity index is 1010. The lowest BCUT2D eigenvalue weighted by Gasteiger charge is -2.44. The highest BCUT2D eigenvalue weighted by Gasteiger charge is 2.42. The highest BCUT2D eigenvalue weighted by molar-refractivity contribution is 5.94. The monoisotopic (exact) mass is 558 g/mol. The van der Waals surface area contributed by atoms with E-state index in [0.29, 0.717) is 54.8 Å². The summed E-state index contributed by atoms with van der Waals surface area (Å²) in [6.45, 7) is 7.38. The Morgan fingerprint density at radius 3 is 2.17 bits per heavy atom. The normalized spacial score (nSPS) is 17.3. The maximum Gasteiger partial charge on any atom is 0.253 e. The number of hydrogen-bond donors (Lipinski definition) is 1. The van der Waals surface area contributed by atoms with Gasteiger partial charge in [0.05, 0.1) is 6.54 Å². The van der Waals surface area contributed by atoms with Crippen molar-refractivity contribution in [2.24, 2.45) is 11.3 Å². The van der Waals surface area contributed by atoms with Gasteiger partial charge in [0.25, 0.3) is 5.91 Å². The number of benzene rings is 1. The largest absolute Gasteiger partial charge is 0.490 e. The van der Waals surface area contributed by atoms with E-state index < -0.39 is 11.5 Å².